The second-order valence-corrected chi connectivity index (χ2v) is 5.68. The van der Waals surface area contributed by atoms with Gasteiger partial charge in [0.15, 0.2) is 11.4 Å². The van der Waals surface area contributed by atoms with E-state index in [1.807, 2.05) is 31.4 Å². The largest absolute Gasteiger partial charge is 0.351 e. The molecule has 0 bridgehead atoms. The minimum absolute atomic E-state index is 0.756. The van der Waals surface area contributed by atoms with Gasteiger partial charge in [-0.1, -0.05) is 30.7 Å². The fourth-order valence-electron chi connectivity index (χ4n) is 1.95. The number of pyridine rings is 1. The lowest BCUT2D eigenvalue weighted by Gasteiger charge is -2.15. The van der Waals surface area contributed by atoms with Gasteiger partial charge in [0.25, 0.3) is 0 Å². The number of likely N-dealkylation sites (N-methyl/N-ethyl adjacent to an activating group) is 1. The summed E-state index contributed by atoms with van der Waals surface area (Å²) in [7, 11) is 2.01. The summed E-state index contributed by atoms with van der Waals surface area (Å²) in [5.74, 6) is 0. The molecule has 2 aromatic rings. The van der Waals surface area contributed by atoms with Gasteiger partial charge in [0.1, 0.15) is 0 Å². The Labute approximate surface area is 123 Å². The quantitative estimate of drug-likeness (QED) is 0.735. The first-order chi connectivity index (χ1) is 9.74. The highest BCUT2D eigenvalue weighted by atomic mass is 32.1. The van der Waals surface area contributed by atoms with E-state index in [0.29, 0.717) is 0 Å². The Morgan fingerprint density at radius 3 is 2.85 bits per heavy atom. The first-order valence-electron chi connectivity index (χ1n) is 6.80. The SMILES string of the molecule is CCCc1nc(N(C)CCc2ccccn2)sc1C=O. The van der Waals surface area contributed by atoms with Crippen LogP contribution < -0.4 is 4.90 Å². The van der Waals surface area contributed by atoms with Gasteiger partial charge in [0.2, 0.25) is 0 Å². The molecule has 0 unspecified atom stereocenters. The Bertz CT molecular complexity index is 554. The Morgan fingerprint density at radius 1 is 1.35 bits per heavy atom. The Kier molecular flexibility index (Phi) is 5.24. The smallest absolute Gasteiger partial charge is 0.185 e. The van der Waals surface area contributed by atoms with Gasteiger partial charge in [0, 0.05) is 31.9 Å². The lowest BCUT2D eigenvalue weighted by atomic mass is 10.2. The Morgan fingerprint density at radius 2 is 2.20 bits per heavy atom. The second-order valence-electron chi connectivity index (χ2n) is 4.67. The predicted octanol–water partition coefficient (Wildman–Crippen LogP) is 2.98. The number of carbonyl (C=O) groups excluding carboxylic acids is 1. The van der Waals surface area contributed by atoms with Crippen LogP contribution in [0.4, 0.5) is 5.13 Å². The minimum Gasteiger partial charge on any atom is -0.351 e. The summed E-state index contributed by atoms with van der Waals surface area (Å²) in [6, 6.07) is 5.94. The van der Waals surface area contributed by atoms with E-state index < -0.39 is 0 Å². The predicted molar refractivity (Wildman–Crippen MR) is 82.7 cm³/mol. The van der Waals surface area contributed by atoms with E-state index in [1.54, 1.807) is 0 Å². The number of hydrogen-bond donors (Lipinski definition) is 0. The molecule has 4 nitrogen and oxygen atoms in total. The van der Waals surface area contributed by atoms with E-state index in [9.17, 15) is 4.79 Å². The second kappa shape index (κ2) is 7.14. The standard InChI is InChI=1S/C15H19N3OS/c1-3-6-13-14(11-19)20-15(17-13)18(2)10-8-12-7-4-5-9-16-12/h4-5,7,9,11H,3,6,8,10H2,1-2H3. The molecule has 0 saturated heterocycles. The Hall–Kier alpha value is -1.75. The zero-order chi connectivity index (χ0) is 14.4. The van der Waals surface area contributed by atoms with Crippen molar-refractivity contribution in [3.05, 3.63) is 40.7 Å². The highest BCUT2D eigenvalue weighted by Gasteiger charge is 2.13. The fourth-order valence-corrected chi connectivity index (χ4v) is 2.86. The number of aryl methyl sites for hydroxylation is 1. The number of thiazole rings is 1. The summed E-state index contributed by atoms with van der Waals surface area (Å²) in [6.45, 7) is 2.94. The molecule has 2 heterocycles. The third-order valence-electron chi connectivity index (χ3n) is 3.07. The summed E-state index contributed by atoms with van der Waals surface area (Å²) >= 11 is 1.47. The molecule has 0 atom stereocenters. The number of aldehydes is 1. The maximum atomic E-state index is 11.1. The van der Waals surface area contributed by atoms with Gasteiger partial charge in [-0.05, 0) is 18.6 Å². The number of carbonyl (C=O) groups is 1. The van der Waals surface area contributed by atoms with E-state index in [-0.39, 0.29) is 0 Å². The average Bonchev–Trinajstić information content (AvgIpc) is 2.89. The summed E-state index contributed by atoms with van der Waals surface area (Å²) in [4.78, 5) is 22.8. The van der Waals surface area contributed by atoms with Crippen molar-refractivity contribution in [1.82, 2.24) is 9.97 Å². The lowest BCUT2D eigenvalue weighted by molar-refractivity contribution is 0.112. The van der Waals surface area contributed by atoms with Crippen LogP contribution in [-0.4, -0.2) is 29.8 Å². The van der Waals surface area contributed by atoms with Crippen LogP contribution in [0.15, 0.2) is 24.4 Å². The zero-order valence-electron chi connectivity index (χ0n) is 11.9. The molecule has 0 aromatic carbocycles. The van der Waals surface area contributed by atoms with Crippen LogP contribution in [0.1, 0.15) is 34.4 Å². The molecule has 0 radical (unpaired) electrons. The van der Waals surface area contributed by atoms with Crippen molar-refractivity contribution < 1.29 is 4.79 Å². The minimum atomic E-state index is 0.756. The van der Waals surface area contributed by atoms with E-state index in [2.05, 4.69) is 21.8 Å². The van der Waals surface area contributed by atoms with Crippen molar-refractivity contribution in [1.29, 1.82) is 0 Å². The Balaban J connectivity index is 2.01. The summed E-state index contributed by atoms with van der Waals surface area (Å²) < 4.78 is 0. The fraction of sp³-hybridized carbons (Fsp3) is 0.400. The molecule has 5 heteroatoms. The van der Waals surface area contributed by atoms with Crippen LogP contribution >= 0.6 is 11.3 Å². The van der Waals surface area contributed by atoms with Crippen LogP contribution in [0.5, 0.6) is 0 Å². The van der Waals surface area contributed by atoms with Crippen molar-refractivity contribution in [3.63, 3.8) is 0 Å². The first kappa shape index (κ1) is 14.7. The van der Waals surface area contributed by atoms with Crippen LogP contribution in [0.25, 0.3) is 0 Å². The summed E-state index contributed by atoms with van der Waals surface area (Å²) in [5.41, 5.74) is 1.99. The van der Waals surface area contributed by atoms with Gasteiger partial charge < -0.3 is 4.90 Å². The van der Waals surface area contributed by atoms with Gasteiger partial charge in [-0.15, -0.1) is 0 Å². The average molecular weight is 289 g/mol. The van der Waals surface area contributed by atoms with Crippen LogP contribution in [0.3, 0.4) is 0 Å². The number of rotatable bonds is 7. The molecule has 0 aliphatic carbocycles. The van der Waals surface area contributed by atoms with Gasteiger partial charge in [-0.25, -0.2) is 4.98 Å². The molecule has 2 aromatic heterocycles. The molecule has 0 aliphatic rings. The van der Waals surface area contributed by atoms with E-state index in [4.69, 9.17) is 0 Å². The normalized spacial score (nSPS) is 10.5. The van der Waals surface area contributed by atoms with Crippen LogP contribution in [0, 0.1) is 0 Å². The number of aromatic nitrogens is 2. The first-order valence-corrected chi connectivity index (χ1v) is 7.62. The van der Waals surface area contributed by atoms with Crippen molar-refractivity contribution in [3.8, 4) is 0 Å². The monoisotopic (exact) mass is 289 g/mol. The third kappa shape index (κ3) is 3.63. The maximum absolute atomic E-state index is 11.1. The topological polar surface area (TPSA) is 46.1 Å². The molecule has 0 amide bonds. The summed E-state index contributed by atoms with van der Waals surface area (Å²) in [5, 5.41) is 0.909. The zero-order valence-corrected chi connectivity index (χ0v) is 12.7. The molecule has 0 N–H and O–H groups in total. The number of hydrogen-bond acceptors (Lipinski definition) is 5. The van der Waals surface area contributed by atoms with Gasteiger partial charge in [-0.2, -0.15) is 0 Å². The highest BCUT2D eigenvalue weighted by molar-refractivity contribution is 7.17. The molecule has 0 saturated carbocycles. The number of anilines is 1. The molecular weight excluding hydrogens is 270 g/mol. The molecule has 0 fully saturated rings. The van der Waals surface area contributed by atoms with Gasteiger partial charge >= 0.3 is 0 Å². The number of nitrogens with zero attached hydrogens (tertiary/aromatic N) is 3. The molecule has 0 spiro atoms. The summed E-state index contributed by atoms with van der Waals surface area (Å²) in [6.07, 6.45) is 5.46. The van der Waals surface area contributed by atoms with E-state index in [0.717, 1.165) is 53.5 Å². The highest BCUT2D eigenvalue weighted by Crippen LogP contribution is 2.25. The molecule has 2 rings (SSSR count). The van der Waals surface area contributed by atoms with Gasteiger partial charge in [0.05, 0.1) is 10.6 Å². The van der Waals surface area contributed by atoms with Crippen molar-refractivity contribution >= 4 is 22.8 Å². The van der Waals surface area contributed by atoms with Crippen molar-refractivity contribution in [2.24, 2.45) is 0 Å². The van der Waals surface area contributed by atoms with Crippen LogP contribution in [-0.2, 0) is 12.8 Å². The molecular formula is C15H19N3OS. The lowest BCUT2D eigenvalue weighted by Crippen LogP contribution is -2.20. The molecule has 106 valence electrons. The van der Waals surface area contributed by atoms with E-state index >= 15 is 0 Å². The van der Waals surface area contributed by atoms with E-state index in [1.165, 1.54) is 11.3 Å². The third-order valence-corrected chi connectivity index (χ3v) is 4.20. The molecule has 0 aliphatic heterocycles. The van der Waals surface area contributed by atoms with Gasteiger partial charge in [-0.3, -0.25) is 9.78 Å². The van der Waals surface area contributed by atoms with Crippen molar-refractivity contribution in [2.75, 3.05) is 18.5 Å². The van der Waals surface area contributed by atoms with Crippen molar-refractivity contribution in [2.45, 2.75) is 26.2 Å². The van der Waals surface area contributed by atoms with Crippen LogP contribution in [0.2, 0.25) is 0 Å². The maximum Gasteiger partial charge on any atom is 0.185 e. The molecule has 20 heavy (non-hydrogen) atoms.